The number of nitrogens with zero attached hydrogens (tertiary/aromatic N) is 2. The maximum atomic E-state index is 12.0. The maximum absolute atomic E-state index is 12.0. The van der Waals surface area contributed by atoms with E-state index in [2.05, 4.69) is 4.98 Å². The zero-order chi connectivity index (χ0) is 14.9. The lowest BCUT2D eigenvalue weighted by molar-refractivity contribution is 0.0269. The minimum Gasteiger partial charge on any atom is -0.444 e. The number of aryl methyl sites for hydroxylation is 1. The summed E-state index contributed by atoms with van der Waals surface area (Å²) in [5.74, 6) is 0.0352. The van der Waals surface area contributed by atoms with Crippen LogP contribution in [-0.2, 0) is 11.2 Å². The topological polar surface area (TPSA) is 62.7 Å². The Balaban J connectivity index is 1.93. The van der Waals surface area contributed by atoms with Gasteiger partial charge in [-0.05, 0) is 27.7 Å². The monoisotopic (exact) mass is 298 g/mol. The summed E-state index contributed by atoms with van der Waals surface area (Å²) in [6.45, 7) is 8.34. The number of carbonyl (C=O) groups excluding carboxylic acids is 1. The van der Waals surface area contributed by atoms with Gasteiger partial charge in [-0.1, -0.05) is 0 Å². The van der Waals surface area contributed by atoms with Crippen LogP contribution in [0.3, 0.4) is 0 Å². The first-order valence-electron chi connectivity index (χ1n) is 6.81. The van der Waals surface area contributed by atoms with Crippen molar-refractivity contribution < 1.29 is 14.6 Å². The predicted octanol–water partition coefficient (Wildman–Crippen LogP) is 2.22. The SMILES string of the molecule is Cc1csc(C[C@@H]2CN(C(=O)OC(C)(C)C)C[C@H]2O)n1. The van der Waals surface area contributed by atoms with E-state index in [-0.39, 0.29) is 12.0 Å². The molecule has 0 bridgehead atoms. The second-order valence-electron chi connectivity index (χ2n) is 6.30. The molecule has 1 saturated heterocycles. The Labute approximate surface area is 123 Å². The molecule has 1 fully saturated rings. The number of likely N-dealkylation sites (tertiary alicyclic amines) is 1. The van der Waals surface area contributed by atoms with E-state index in [9.17, 15) is 9.90 Å². The number of β-amino-alcohol motifs (C(OH)–C–C–N with tert-alkyl or cyclic N) is 1. The van der Waals surface area contributed by atoms with Crippen molar-refractivity contribution in [2.45, 2.75) is 45.8 Å². The van der Waals surface area contributed by atoms with Gasteiger partial charge in [0.05, 0.1) is 17.7 Å². The zero-order valence-corrected chi connectivity index (χ0v) is 13.2. The summed E-state index contributed by atoms with van der Waals surface area (Å²) >= 11 is 1.60. The van der Waals surface area contributed by atoms with Gasteiger partial charge in [-0.2, -0.15) is 0 Å². The van der Waals surface area contributed by atoms with Gasteiger partial charge in [0.1, 0.15) is 5.60 Å². The van der Waals surface area contributed by atoms with E-state index in [1.165, 1.54) is 0 Å². The number of ether oxygens (including phenoxy) is 1. The third-order valence-corrected chi connectivity index (χ3v) is 4.15. The summed E-state index contributed by atoms with van der Waals surface area (Å²) in [7, 11) is 0. The largest absolute Gasteiger partial charge is 0.444 e. The van der Waals surface area contributed by atoms with Gasteiger partial charge in [0.25, 0.3) is 0 Å². The first-order chi connectivity index (χ1) is 9.24. The molecule has 5 nitrogen and oxygen atoms in total. The fraction of sp³-hybridized carbons (Fsp3) is 0.714. The highest BCUT2D eigenvalue weighted by atomic mass is 32.1. The number of hydrogen-bond donors (Lipinski definition) is 1. The van der Waals surface area contributed by atoms with Crippen LogP contribution in [0, 0.1) is 12.8 Å². The Bertz CT molecular complexity index is 481. The molecule has 1 aliphatic heterocycles. The normalized spacial score (nSPS) is 23.1. The Hall–Kier alpha value is -1.14. The van der Waals surface area contributed by atoms with Crippen LogP contribution in [0.15, 0.2) is 5.38 Å². The highest BCUT2D eigenvalue weighted by Crippen LogP contribution is 2.24. The van der Waals surface area contributed by atoms with Crippen molar-refractivity contribution in [3.05, 3.63) is 16.1 Å². The minimum atomic E-state index is -0.508. The van der Waals surface area contributed by atoms with Crippen molar-refractivity contribution >= 4 is 17.4 Å². The van der Waals surface area contributed by atoms with E-state index in [4.69, 9.17) is 4.74 Å². The molecule has 6 heteroatoms. The van der Waals surface area contributed by atoms with Crippen molar-refractivity contribution in [1.82, 2.24) is 9.88 Å². The van der Waals surface area contributed by atoms with E-state index in [1.54, 1.807) is 16.2 Å². The summed E-state index contributed by atoms with van der Waals surface area (Å²) in [5, 5.41) is 13.1. The second kappa shape index (κ2) is 5.69. The average molecular weight is 298 g/mol. The Kier molecular flexibility index (Phi) is 4.34. The standard InChI is InChI=1S/C14H22N2O3S/c1-9-8-20-12(15-9)5-10-6-16(7-11(10)17)13(18)19-14(2,3)4/h8,10-11,17H,5-7H2,1-4H3/t10-,11-/m1/s1. The summed E-state index contributed by atoms with van der Waals surface area (Å²) in [4.78, 5) is 18.0. The lowest BCUT2D eigenvalue weighted by Crippen LogP contribution is -2.35. The van der Waals surface area contributed by atoms with Crippen LogP contribution in [0.4, 0.5) is 4.79 Å². The van der Waals surface area contributed by atoms with Crippen LogP contribution in [0.25, 0.3) is 0 Å². The van der Waals surface area contributed by atoms with Crippen LogP contribution in [0.1, 0.15) is 31.5 Å². The molecule has 0 saturated carbocycles. The molecule has 2 atom stereocenters. The highest BCUT2D eigenvalue weighted by molar-refractivity contribution is 7.09. The third kappa shape index (κ3) is 3.93. The molecule has 1 aromatic rings. The highest BCUT2D eigenvalue weighted by Gasteiger charge is 2.36. The molecule has 112 valence electrons. The van der Waals surface area contributed by atoms with Crippen LogP contribution < -0.4 is 0 Å². The van der Waals surface area contributed by atoms with Crippen molar-refractivity contribution in [3.8, 4) is 0 Å². The Morgan fingerprint density at radius 2 is 2.25 bits per heavy atom. The number of amides is 1. The molecule has 20 heavy (non-hydrogen) atoms. The molecule has 0 unspecified atom stereocenters. The maximum Gasteiger partial charge on any atom is 0.410 e. The van der Waals surface area contributed by atoms with Crippen molar-refractivity contribution in [2.24, 2.45) is 5.92 Å². The third-order valence-electron chi connectivity index (χ3n) is 3.16. The molecule has 1 amide bonds. The zero-order valence-electron chi connectivity index (χ0n) is 12.4. The van der Waals surface area contributed by atoms with Gasteiger partial charge < -0.3 is 14.7 Å². The van der Waals surface area contributed by atoms with Crippen LogP contribution in [0.5, 0.6) is 0 Å². The fourth-order valence-electron chi connectivity index (χ4n) is 2.25. The summed E-state index contributed by atoms with van der Waals surface area (Å²) in [6.07, 6.45) is -0.153. The lowest BCUT2D eigenvalue weighted by Gasteiger charge is -2.24. The van der Waals surface area contributed by atoms with Crippen LogP contribution >= 0.6 is 11.3 Å². The van der Waals surface area contributed by atoms with Crippen LogP contribution in [0.2, 0.25) is 0 Å². The molecular formula is C14H22N2O3S. The number of aliphatic hydroxyl groups is 1. The van der Waals surface area contributed by atoms with Crippen molar-refractivity contribution in [2.75, 3.05) is 13.1 Å². The van der Waals surface area contributed by atoms with Gasteiger partial charge in [-0.25, -0.2) is 9.78 Å². The molecular weight excluding hydrogens is 276 g/mol. The van der Waals surface area contributed by atoms with E-state index in [0.29, 0.717) is 19.5 Å². The van der Waals surface area contributed by atoms with E-state index < -0.39 is 11.7 Å². The van der Waals surface area contributed by atoms with Gasteiger partial charge >= 0.3 is 6.09 Å². The van der Waals surface area contributed by atoms with E-state index in [0.717, 1.165) is 10.7 Å². The number of aromatic nitrogens is 1. The smallest absolute Gasteiger partial charge is 0.410 e. The van der Waals surface area contributed by atoms with Gasteiger partial charge in [0.15, 0.2) is 0 Å². The minimum absolute atomic E-state index is 0.0352. The summed E-state index contributed by atoms with van der Waals surface area (Å²) < 4.78 is 5.34. The average Bonchev–Trinajstić information content (AvgIpc) is 2.85. The molecule has 1 aromatic heterocycles. The van der Waals surface area contributed by atoms with Gasteiger partial charge in [0, 0.05) is 30.0 Å². The lowest BCUT2D eigenvalue weighted by atomic mass is 10.0. The summed E-state index contributed by atoms with van der Waals surface area (Å²) in [6, 6.07) is 0. The van der Waals surface area contributed by atoms with Crippen molar-refractivity contribution in [1.29, 1.82) is 0 Å². The molecule has 0 aliphatic carbocycles. The van der Waals surface area contributed by atoms with Gasteiger partial charge in [0.2, 0.25) is 0 Å². The van der Waals surface area contributed by atoms with Crippen molar-refractivity contribution in [3.63, 3.8) is 0 Å². The first kappa shape index (κ1) is 15.3. The van der Waals surface area contributed by atoms with Gasteiger partial charge in [-0.3, -0.25) is 0 Å². The molecule has 0 radical (unpaired) electrons. The Morgan fingerprint density at radius 3 is 2.80 bits per heavy atom. The predicted molar refractivity (Wildman–Crippen MR) is 77.9 cm³/mol. The fourth-order valence-corrected chi connectivity index (χ4v) is 3.12. The Morgan fingerprint density at radius 1 is 1.55 bits per heavy atom. The molecule has 1 N–H and O–H groups in total. The first-order valence-corrected chi connectivity index (χ1v) is 7.69. The number of aliphatic hydroxyl groups excluding tert-OH is 1. The molecule has 2 heterocycles. The number of hydrogen-bond acceptors (Lipinski definition) is 5. The summed E-state index contributed by atoms with van der Waals surface area (Å²) in [5.41, 5.74) is 0.494. The number of rotatable bonds is 2. The molecule has 2 rings (SSSR count). The van der Waals surface area contributed by atoms with E-state index >= 15 is 0 Å². The molecule has 1 aliphatic rings. The van der Waals surface area contributed by atoms with Gasteiger partial charge in [-0.15, -0.1) is 11.3 Å². The van der Waals surface area contributed by atoms with Crippen LogP contribution in [-0.4, -0.2) is 45.9 Å². The molecule has 0 spiro atoms. The second-order valence-corrected chi connectivity index (χ2v) is 7.24. The molecule has 0 aromatic carbocycles. The number of thiazole rings is 1. The quantitative estimate of drug-likeness (QED) is 0.909. The number of carbonyl (C=O) groups is 1. The van der Waals surface area contributed by atoms with E-state index in [1.807, 2.05) is 33.1 Å².